The Morgan fingerprint density at radius 2 is 2.09 bits per heavy atom. The van der Waals surface area contributed by atoms with E-state index in [0.717, 1.165) is 12.0 Å². The van der Waals surface area contributed by atoms with Crippen LogP contribution in [-0.4, -0.2) is 41.6 Å². The molecule has 1 saturated heterocycles. The number of carboxylic acids is 1. The van der Waals surface area contributed by atoms with E-state index in [2.05, 4.69) is 5.32 Å². The molecule has 0 aliphatic carbocycles. The summed E-state index contributed by atoms with van der Waals surface area (Å²) in [7, 11) is 0. The number of amides is 2. The van der Waals surface area contributed by atoms with Crippen molar-refractivity contribution in [1.82, 2.24) is 10.2 Å². The molecule has 0 spiro atoms. The van der Waals surface area contributed by atoms with Crippen LogP contribution in [0.5, 0.6) is 0 Å². The zero-order valence-corrected chi connectivity index (χ0v) is 14.3. The van der Waals surface area contributed by atoms with Crippen LogP contribution in [0.4, 0.5) is 4.79 Å². The van der Waals surface area contributed by atoms with Crippen molar-refractivity contribution in [2.45, 2.75) is 32.1 Å². The molecule has 0 radical (unpaired) electrons. The number of nitrogens with zero attached hydrogens (tertiary/aromatic N) is 1. The molecular formula is C17H23ClN2O3. The molecule has 1 aromatic carbocycles. The SMILES string of the molecule is CC(C)(CNC(=O)N1CCCC(C(=O)O)C1)c1ccccc1Cl. The van der Waals surface area contributed by atoms with Crippen LogP contribution < -0.4 is 5.32 Å². The quantitative estimate of drug-likeness (QED) is 0.886. The maximum Gasteiger partial charge on any atom is 0.317 e. The van der Waals surface area contributed by atoms with Crippen LogP contribution in [0.25, 0.3) is 0 Å². The fraction of sp³-hybridized carbons (Fsp3) is 0.529. The smallest absolute Gasteiger partial charge is 0.317 e. The van der Waals surface area contributed by atoms with E-state index in [4.69, 9.17) is 16.7 Å². The molecule has 5 nitrogen and oxygen atoms in total. The van der Waals surface area contributed by atoms with Gasteiger partial charge in [0.15, 0.2) is 0 Å². The van der Waals surface area contributed by atoms with Gasteiger partial charge in [0.05, 0.1) is 5.92 Å². The second kappa shape index (κ2) is 7.21. The van der Waals surface area contributed by atoms with Crippen molar-refractivity contribution >= 4 is 23.6 Å². The van der Waals surface area contributed by atoms with Gasteiger partial charge < -0.3 is 15.3 Å². The molecule has 6 heteroatoms. The number of rotatable bonds is 4. The van der Waals surface area contributed by atoms with Gasteiger partial charge in [0.25, 0.3) is 0 Å². The first-order chi connectivity index (χ1) is 10.8. The topological polar surface area (TPSA) is 69.6 Å². The van der Waals surface area contributed by atoms with Crippen molar-refractivity contribution in [3.05, 3.63) is 34.9 Å². The van der Waals surface area contributed by atoms with Gasteiger partial charge in [-0.25, -0.2) is 4.79 Å². The fourth-order valence-corrected chi connectivity index (χ4v) is 3.27. The molecule has 1 heterocycles. The number of carbonyl (C=O) groups is 2. The van der Waals surface area contributed by atoms with E-state index in [9.17, 15) is 9.59 Å². The molecule has 126 valence electrons. The zero-order chi connectivity index (χ0) is 17.0. The van der Waals surface area contributed by atoms with Gasteiger partial charge in [0.1, 0.15) is 0 Å². The highest BCUT2D eigenvalue weighted by Crippen LogP contribution is 2.29. The maximum absolute atomic E-state index is 12.3. The maximum atomic E-state index is 12.3. The molecule has 1 unspecified atom stereocenters. The summed E-state index contributed by atoms with van der Waals surface area (Å²) in [6, 6.07) is 7.38. The van der Waals surface area contributed by atoms with Crippen LogP contribution in [0.15, 0.2) is 24.3 Å². The lowest BCUT2D eigenvalue weighted by atomic mass is 9.84. The highest BCUT2D eigenvalue weighted by Gasteiger charge is 2.29. The number of carbonyl (C=O) groups excluding carboxylic acids is 1. The van der Waals surface area contributed by atoms with E-state index in [0.29, 0.717) is 24.5 Å². The Kier molecular flexibility index (Phi) is 5.52. The summed E-state index contributed by atoms with van der Waals surface area (Å²) in [5.41, 5.74) is 0.666. The molecule has 2 N–H and O–H groups in total. The van der Waals surface area contributed by atoms with E-state index in [-0.39, 0.29) is 18.0 Å². The Balaban J connectivity index is 1.96. The van der Waals surface area contributed by atoms with Gasteiger partial charge in [0.2, 0.25) is 0 Å². The standard InChI is InChI=1S/C17H23ClN2O3/c1-17(2,13-7-3-4-8-14(13)18)11-19-16(23)20-9-5-6-12(10-20)15(21)22/h3-4,7-8,12H,5-6,9-11H2,1-2H3,(H,19,23)(H,21,22). The molecule has 1 atom stereocenters. The lowest BCUT2D eigenvalue weighted by Gasteiger charge is -2.33. The molecule has 2 rings (SSSR count). The summed E-state index contributed by atoms with van der Waals surface area (Å²) in [4.78, 5) is 25.0. The summed E-state index contributed by atoms with van der Waals surface area (Å²) >= 11 is 6.24. The predicted molar refractivity (Wildman–Crippen MR) is 89.8 cm³/mol. The summed E-state index contributed by atoms with van der Waals surface area (Å²) in [6.45, 7) is 5.34. The Hall–Kier alpha value is -1.75. The van der Waals surface area contributed by atoms with Gasteiger partial charge in [-0.15, -0.1) is 0 Å². The highest BCUT2D eigenvalue weighted by atomic mass is 35.5. The number of urea groups is 1. The van der Waals surface area contributed by atoms with Crippen molar-refractivity contribution in [3.8, 4) is 0 Å². The number of hydrogen-bond acceptors (Lipinski definition) is 2. The lowest BCUT2D eigenvalue weighted by Crippen LogP contribution is -2.49. The van der Waals surface area contributed by atoms with Crippen LogP contribution in [-0.2, 0) is 10.2 Å². The molecule has 1 aliphatic rings. The Morgan fingerprint density at radius 3 is 2.74 bits per heavy atom. The minimum absolute atomic E-state index is 0.212. The van der Waals surface area contributed by atoms with Crippen molar-refractivity contribution in [2.75, 3.05) is 19.6 Å². The normalized spacial score (nSPS) is 18.6. The van der Waals surface area contributed by atoms with Crippen LogP contribution in [0.2, 0.25) is 5.02 Å². The van der Waals surface area contributed by atoms with E-state index in [1.165, 1.54) is 0 Å². The Labute approximate surface area is 141 Å². The third kappa shape index (κ3) is 4.38. The van der Waals surface area contributed by atoms with Gasteiger partial charge in [-0.1, -0.05) is 43.6 Å². The molecule has 1 aliphatic heterocycles. The Bertz CT molecular complexity index is 589. The summed E-state index contributed by atoms with van der Waals surface area (Å²) in [5, 5.41) is 12.7. The van der Waals surface area contributed by atoms with E-state index >= 15 is 0 Å². The monoisotopic (exact) mass is 338 g/mol. The third-order valence-electron chi connectivity index (χ3n) is 4.34. The van der Waals surface area contributed by atoms with Crippen molar-refractivity contribution in [2.24, 2.45) is 5.92 Å². The number of halogens is 1. The molecule has 23 heavy (non-hydrogen) atoms. The molecule has 1 fully saturated rings. The van der Waals surface area contributed by atoms with Gasteiger partial charge >= 0.3 is 12.0 Å². The highest BCUT2D eigenvalue weighted by molar-refractivity contribution is 6.31. The number of nitrogens with one attached hydrogen (secondary N) is 1. The van der Waals surface area contributed by atoms with Crippen LogP contribution in [0, 0.1) is 5.92 Å². The van der Waals surface area contributed by atoms with Crippen LogP contribution in [0.1, 0.15) is 32.3 Å². The number of benzene rings is 1. The number of likely N-dealkylation sites (tertiary alicyclic amines) is 1. The first kappa shape index (κ1) is 17.6. The molecular weight excluding hydrogens is 316 g/mol. The molecule has 0 saturated carbocycles. The largest absolute Gasteiger partial charge is 0.481 e. The van der Waals surface area contributed by atoms with E-state index in [1.807, 2.05) is 38.1 Å². The number of aliphatic carboxylic acids is 1. The van der Waals surface area contributed by atoms with Crippen molar-refractivity contribution in [3.63, 3.8) is 0 Å². The summed E-state index contributed by atoms with van der Waals surface area (Å²) < 4.78 is 0. The number of hydrogen-bond donors (Lipinski definition) is 2. The second-order valence-electron chi connectivity index (χ2n) is 6.65. The van der Waals surface area contributed by atoms with Gasteiger partial charge in [0, 0.05) is 30.1 Å². The first-order valence-electron chi connectivity index (χ1n) is 7.82. The predicted octanol–water partition coefficient (Wildman–Crippen LogP) is 3.12. The van der Waals surface area contributed by atoms with Crippen LogP contribution in [0.3, 0.4) is 0 Å². The molecule has 2 amide bonds. The minimum Gasteiger partial charge on any atom is -0.481 e. The fourth-order valence-electron chi connectivity index (χ4n) is 2.88. The number of piperidine rings is 1. The second-order valence-corrected chi connectivity index (χ2v) is 7.05. The third-order valence-corrected chi connectivity index (χ3v) is 4.67. The average molecular weight is 339 g/mol. The Morgan fingerprint density at radius 1 is 1.39 bits per heavy atom. The molecule has 0 aromatic heterocycles. The van der Waals surface area contributed by atoms with E-state index in [1.54, 1.807) is 4.90 Å². The summed E-state index contributed by atoms with van der Waals surface area (Å²) in [5.74, 6) is -1.30. The van der Waals surface area contributed by atoms with Gasteiger partial charge in [-0.2, -0.15) is 0 Å². The first-order valence-corrected chi connectivity index (χ1v) is 8.19. The zero-order valence-electron chi connectivity index (χ0n) is 13.5. The average Bonchev–Trinajstić information content (AvgIpc) is 2.53. The lowest BCUT2D eigenvalue weighted by molar-refractivity contribution is -0.143. The van der Waals surface area contributed by atoms with Crippen molar-refractivity contribution < 1.29 is 14.7 Å². The summed E-state index contributed by atoms with van der Waals surface area (Å²) in [6.07, 6.45) is 1.35. The molecule has 0 bridgehead atoms. The van der Waals surface area contributed by atoms with Crippen molar-refractivity contribution in [1.29, 1.82) is 0 Å². The van der Waals surface area contributed by atoms with Crippen LogP contribution >= 0.6 is 11.6 Å². The molecule has 1 aromatic rings. The van der Waals surface area contributed by atoms with Gasteiger partial charge in [-0.3, -0.25) is 4.79 Å². The van der Waals surface area contributed by atoms with E-state index < -0.39 is 11.9 Å². The van der Waals surface area contributed by atoms with Gasteiger partial charge in [-0.05, 0) is 24.5 Å². The minimum atomic E-state index is -0.834. The number of carboxylic acid groups (broad SMARTS) is 1.